The first kappa shape index (κ1) is 9.26. The molecule has 1 aliphatic rings. The van der Waals surface area contributed by atoms with Gasteiger partial charge in [-0.15, -0.1) is 0 Å². The monoisotopic (exact) mass is 169 g/mol. The second-order valence-corrected chi connectivity index (χ2v) is 3.22. The molecule has 3 nitrogen and oxygen atoms in total. The zero-order valence-electron chi connectivity index (χ0n) is 7.81. The van der Waals surface area contributed by atoms with Crippen LogP contribution in [0.5, 0.6) is 0 Å². The van der Waals surface area contributed by atoms with Gasteiger partial charge in [-0.2, -0.15) is 0 Å². The number of ether oxygens (including phenoxy) is 1. The number of carbonyl (C=O) groups is 1. The summed E-state index contributed by atoms with van der Waals surface area (Å²) in [5.74, 6) is -0.165. The van der Waals surface area contributed by atoms with Gasteiger partial charge >= 0.3 is 5.97 Å². The maximum atomic E-state index is 11.1. The number of hydrogen-bond donors (Lipinski definition) is 1. The summed E-state index contributed by atoms with van der Waals surface area (Å²) in [6.45, 7) is 4.94. The van der Waals surface area contributed by atoms with E-state index >= 15 is 0 Å². The Morgan fingerprint density at radius 2 is 2.17 bits per heavy atom. The highest BCUT2D eigenvalue weighted by molar-refractivity contribution is 5.76. The van der Waals surface area contributed by atoms with Gasteiger partial charge in [-0.3, -0.25) is 4.79 Å². The van der Waals surface area contributed by atoms with Gasteiger partial charge in [-0.25, -0.2) is 0 Å². The molecule has 1 aliphatic heterocycles. The van der Waals surface area contributed by atoms with E-state index in [1.807, 2.05) is 0 Å². The summed E-state index contributed by atoms with van der Waals surface area (Å²) in [4.78, 5) is 11.1. The van der Waals surface area contributed by atoms with Crippen LogP contribution in [0.4, 0.5) is 0 Å². The molecular formula is C9H15NO2. The zero-order valence-corrected chi connectivity index (χ0v) is 7.81. The van der Waals surface area contributed by atoms with Crippen LogP contribution in [0.1, 0.15) is 20.3 Å². The SMILES string of the molecule is COC(=O)C1CC(C)=C(C)CN1. The first-order chi connectivity index (χ1) is 5.65. The van der Waals surface area contributed by atoms with Crippen molar-refractivity contribution in [2.75, 3.05) is 13.7 Å². The van der Waals surface area contributed by atoms with Gasteiger partial charge in [0, 0.05) is 6.54 Å². The highest BCUT2D eigenvalue weighted by atomic mass is 16.5. The van der Waals surface area contributed by atoms with Crippen molar-refractivity contribution >= 4 is 5.97 Å². The van der Waals surface area contributed by atoms with E-state index in [0.29, 0.717) is 0 Å². The minimum absolute atomic E-state index is 0.140. The van der Waals surface area contributed by atoms with Crippen LogP contribution >= 0.6 is 0 Å². The van der Waals surface area contributed by atoms with Gasteiger partial charge in [0.1, 0.15) is 6.04 Å². The van der Waals surface area contributed by atoms with Gasteiger partial charge in [0.2, 0.25) is 0 Å². The van der Waals surface area contributed by atoms with Crippen LogP contribution < -0.4 is 5.32 Å². The van der Waals surface area contributed by atoms with Crippen molar-refractivity contribution < 1.29 is 9.53 Å². The van der Waals surface area contributed by atoms with Crippen molar-refractivity contribution in [2.24, 2.45) is 0 Å². The number of carbonyl (C=O) groups excluding carboxylic acids is 1. The number of rotatable bonds is 1. The largest absolute Gasteiger partial charge is 0.468 e. The average molecular weight is 169 g/mol. The van der Waals surface area contributed by atoms with Crippen molar-refractivity contribution in [3.8, 4) is 0 Å². The molecule has 0 radical (unpaired) electrons. The molecule has 0 fully saturated rings. The number of hydrogen-bond acceptors (Lipinski definition) is 3. The summed E-state index contributed by atoms with van der Waals surface area (Å²) in [5.41, 5.74) is 2.62. The first-order valence-corrected chi connectivity index (χ1v) is 4.11. The smallest absolute Gasteiger partial charge is 0.323 e. The van der Waals surface area contributed by atoms with E-state index in [-0.39, 0.29) is 12.0 Å². The Hall–Kier alpha value is -0.830. The molecule has 12 heavy (non-hydrogen) atoms. The molecule has 1 heterocycles. The van der Waals surface area contributed by atoms with Crippen molar-refractivity contribution in [1.29, 1.82) is 0 Å². The summed E-state index contributed by atoms with van der Waals surface area (Å²) in [7, 11) is 1.42. The predicted octanol–water partition coefficient (Wildman–Crippen LogP) is 0.858. The molecule has 0 spiro atoms. The lowest BCUT2D eigenvalue weighted by Gasteiger charge is -2.23. The Labute approximate surface area is 72.8 Å². The Morgan fingerprint density at radius 3 is 2.67 bits per heavy atom. The molecular weight excluding hydrogens is 154 g/mol. The summed E-state index contributed by atoms with van der Waals surface area (Å²) in [5, 5.41) is 3.12. The van der Waals surface area contributed by atoms with E-state index in [1.54, 1.807) is 0 Å². The van der Waals surface area contributed by atoms with E-state index in [0.717, 1.165) is 13.0 Å². The average Bonchev–Trinajstić information content (AvgIpc) is 2.08. The van der Waals surface area contributed by atoms with Crippen molar-refractivity contribution in [3.05, 3.63) is 11.1 Å². The van der Waals surface area contributed by atoms with E-state index in [2.05, 4.69) is 23.9 Å². The van der Waals surface area contributed by atoms with Gasteiger partial charge in [0.05, 0.1) is 7.11 Å². The topological polar surface area (TPSA) is 38.3 Å². The van der Waals surface area contributed by atoms with Crippen LogP contribution in [0.2, 0.25) is 0 Å². The molecule has 0 aromatic heterocycles. The summed E-state index contributed by atoms with van der Waals surface area (Å²) < 4.78 is 4.65. The highest BCUT2D eigenvalue weighted by Gasteiger charge is 2.22. The van der Waals surface area contributed by atoms with Gasteiger partial charge in [-0.1, -0.05) is 11.1 Å². The van der Waals surface area contributed by atoms with Crippen molar-refractivity contribution in [1.82, 2.24) is 5.32 Å². The maximum absolute atomic E-state index is 11.1. The quantitative estimate of drug-likeness (QED) is 0.467. The summed E-state index contributed by atoms with van der Waals surface area (Å²) >= 11 is 0. The molecule has 0 amide bonds. The summed E-state index contributed by atoms with van der Waals surface area (Å²) in [6, 6.07) is -0.140. The van der Waals surface area contributed by atoms with Gasteiger partial charge < -0.3 is 10.1 Å². The molecule has 1 atom stereocenters. The Morgan fingerprint density at radius 1 is 1.50 bits per heavy atom. The van der Waals surface area contributed by atoms with Crippen LogP contribution in [0.25, 0.3) is 0 Å². The van der Waals surface area contributed by atoms with E-state index in [4.69, 9.17) is 0 Å². The van der Waals surface area contributed by atoms with Crippen LogP contribution in [-0.4, -0.2) is 25.7 Å². The molecule has 0 aromatic rings. The fourth-order valence-corrected chi connectivity index (χ4v) is 1.29. The molecule has 1 rings (SSSR count). The maximum Gasteiger partial charge on any atom is 0.323 e. The third-order valence-electron chi connectivity index (χ3n) is 2.34. The number of esters is 1. The Kier molecular flexibility index (Phi) is 2.87. The normalized spacial score (nSPS) is 24.1. The van der Waals surface area contributed by atoms with Gasteiger partial charge in [0.25, 0.3) is 0 Å². The lowest BCUT2D eigenvalue weighted by Crippen LogP contribution is -2.41. The molecule has 3 heteroatoms. The minimum atomic E-state index is -0.165. The second kappa shape index (κ2) is 3.72. The van der Waals surface area contributed by atoms with Crippen molar-refractivity contribution in [3.63, 3.8) is 0 Å². The van der Waals surface area contributed by atoms with Crippen molar-refractivity contribution in [2.45, 2.75) is 26.3 Å². The predicted molar refractivity (Wildman–Crippen MR) is 46.8 cm³/mol. The number of nitrogens with one attached hydrogen (secondary N) is 1. The molecule has 68 valence electrons. The lowest BCUT2D eigenvalue weighted by atomic mass is 9.98. The molecule has 0 aromatic carbocycles. The van der Waals surface area contributed by atoms with Gasteiger partial charge in [0.15, 0.2) is 0 Å². The Bertz CT molecular complexity index is 221. The third-order valence-corrected chi connectivity index (χ3v) is 2.34. The zero-order chi connectivity index (χ0) is 9.14. The van der Waals surface area contributed by atoms with E-state index in [1.165, 1.54) is 18.3 Å². The molecule has 1 N–H and O–H groups in total. The van der Waals surface area contributed by atoms with Crippen LogP contribution in [0.15, 0.2) is 11.1 Å². The van der Waals surface area contributed by atoms with Gasteiger partial charge in [-0.05, 0) is 20.3 Å². The third kappa shape index (κ3) is 1.85. The highest BCUT2D eigenvalue weighted by Crippen LogP contribution is 2.15. The lowest BCUT2D eigenvalue weighted by molar-refractivity contribution is -0.143. The molecule has 0 saturated heterocycles. The Balaban J connectivity index is 2.60. The fourth-order valence-electron chi connectivity index (χ4n) is 1.29. The minimum Gasteiger partial charge on any atom is -0.468 e. The standard InChI is InChI=1S/C9H15NO2/c1-6-4-8(9(11)12-3)10-5-7(6)2/h8,10H,4-5H2,1-3H3. The van der Waals surface area contributed by atoms with E-state index in [9.17, 15) is 4.79 Å². The molecule has 1 unspecified atom stereocenters. The van der Waals surface area contributed by atoms with E-state index < -0.39 is 0 Å². The summed E-state index contributed by atoms with van der Waals surface area (Å²) in [6.07, 6.45) is 0.776. The van der Waals surface area contributed by atoms with Crippen LogP contribution in [0, 0.1) is 0 Å². The van der Waals surface area contributed by atoms with Crippen LogP contribution in [0.3, 0.4) is 0 Å². The molecule has 0 saturated carbocycles. The fraction of sp³-hybridized carbons (Fsp3) is 0.667. The second-order valence-electron chi connectivity index (χ2n) is 3.22. The van der Waals surface area contributed by atoms with Crippen LogP contribution in [-0.2, 0) is 9.53 Å². The number of methoxy groups -OCH3 is 1. The molecule has 0 bridgehead atoms. The first-order valence-electron chi connectivity index (χ1n) is 4.11. The molecule has 0 aliphatic carbocycles.